The molecule has 0 amide bonds. The van der Waals surface area contributed by atoms with Crippen molar-refractivity contribution < 1.29 is 18.3 Å². The largest absolute Gasteiger partial charge is 0.491 e. The number of nitrogens with zero attached hydrogens (tertiary/aromatic N) is 5. The third-order valence-corrected chi connectivity index (χ3v) is 6.06. The fourth-order valence-corrected chi connectivity index (χ4v) is 4.39. The van der Waals surface area contributed by atoms with Gasteiger partial charge in [-0.1, -0.05) is 0 Å². The van der Waals surface area contributed by atoms with Gasteiger partial charge in [-0.15, -0.1) is 0 Å². The predicted octanol–water partition coefficient (Wildman–Crippen LogP) is 3.96. The molecule has 1 fully saturated rings. The summed E-state index contributed by atoms with van der Waals surface area (Å²) in [6.45, 7) is 0.192. The zero-order valence-corrected chi connectivity index (χ0v) is 18.8. The van der Waals surface area contributed by atoms with E-state index in [0.29, 0.717) is 28.2 Å². The Morgan fingerprint density at radius 3 is 2.94 bits per heavy atom. The van der Waals surface area contributed by atoms with Crippen molar-refractivity contribution >= 4 is 33.6 Å². The predicted molar refractivity (Wildman–Crippen MR) is 128 cm³/mol. The summed E-state index contributed by atoms with van der Waals surface area (Å²) in [5.74, 6) is 2.00. The van der Waals surface area contributed by atoms with E-state index in [1.807, 2.05) is 37.4 Å². The zero-order chi connectivity index (χ0) is 23.9. The molecule has 0 saturated carbocycles. The van der Waals surface area contributed by atoms with Crippen LogP contribution in [0.1, 0.15) is 12.6 Å². The fourth-order valence-electron chi connectivity index (χ4n) is 4.39. The molecule has 3 unspecified atom stereocenters. The van der Waals surface area contributed by atoms with E-state index in [9.17, 15) is 0 Å². The van der Waals surface area contributed by atoms with Gasteiger partial charge in [0.05, 0.1) is 28.8 Å². The maximum absolute atomic E-state index is 15.2. The number of anilines is 2. The first kappa shape index (κ1) is 21.3. The number of hydrogen-bond donors (Lipinski definition) is 2. The number of aromatic nitrogens is 5. The molecule has 4 aromatic heterocycles. The van der Waals surface area contributed by atoms with Crippen LogP contribution in [0.15, 0.2) is 59.7 Å². The van der Waals surface area contributed by atoms with Crippen molar-refractivity contribution in [2.24, 2.45) is 0 Å². The standard InChI is InChI=1S/C24H22FN7O3/c1-27-19-5-3-13-2-4-14(9-18(13)31-19)34-11-15-8-17(25)24(35-15)32-10-16(23-28-6-7-33-23)20-21(26)29-12-30-22(20)32/h2-7,9-10,12,15,17,24H,8,11H2,1H3,(H,27,31)(H2,26,29,30). The van der Waals surface area contributed by atoms with Crippen molar-refractivity contribution in [3.63, 3.8) is 0 Å². The summed E-state index contributed by atoms with van der Waals surface area (Å²) in [6.07, 6.45) is 3.55. The SMILES string of the molecule is CNc1ccc2ccc(OCC3CC(F)C(n4cc(-c5ncco5)c5c(N)ncnc54)O3)cc2n1. The Kier molecular flexibility index (Phi) is 5.18. The van der Waals surface area contributed by atoms with Crippen molar-refractivity contribution in [2.45, 2.75) is 24.9 Å². The van der Waals surface area contributed by atoms with E-state index in [-0.39, 0.29) is 18.8 Å². The minimum atomic E-state index is -1.27. The number of hydrogen-bond acceptors (Lipinski definition) is 9. The summed E-state index contributed by atoms with van der Waals surface area (Å²) in [4.78, 5) is 17.1. The molecule has 6 rings (SSSR count). The molecule has 35 heavy (non-hydrogen) atoms. The van der Waals surface area contributed by atoms with Crippen molar-refractivity contribution in [3.8, 4) is 17.2 Å². The monoisotopic (exact) mass is 475 g/mol. The van der Waals surface area contributed by atoms with Gasteiger partial charge in [-0.3, -0.25) is 0 Å². The minimum absolute atomic E-state index is 0.176. The van der Waals surface area contributed by atoms with Crippen LogP contribution in [0.2, 0.25) is 0 Å². The first-order chi connectivity index (χ1) is 17.1. The van der Waals surface area contributed by atoms with Crippen LogP contribution in [-0.4, -0.2) is 50.4 Å². The molecular formula is C24H22FN7O3. The van der Waals surface area contributed by atoms with Crippen molar-refractivity contribution in [1.29, 1.82) is 0 Å². The highest BCUT2D eigenvalue weighted by Gasteiger charge is 2.38. The molecular weight excluding hydrogens is 453 g/mol. The maximum atomic E-state index is 15.2. The highest BCUT2D eigenvalue weighted by molar-refractivity contribution is 5.99. The Bertz CT molecular complexity index is 1500. The second-order valence-corrected chi connectivity index (χ2v) is 8.26. The minimum Gasteiger partial charge on any atom is -0.491 e. The number of nitrogen functional groups attached to an aromatic ring is 1. The van der Waals surface area contributed by atoms with Crippen LogP contribution in [0, 0.1) is 0 Å². The third-order valence-electron chi connectivity index (χ3n) is 6.06. The van der Waals surface area contributed by atoms with E-state index in [0.717, 1.165) is 16.7 Å². The van der Waals surface area contributed by atoms with E-state index < -0.39 is 18.5 Å². The smallest absolute Gasteiger partial charge is 0.228 e. The lowest BCUT2D eigenvalue weighted by atomic mass is 10.2. The summed E-state index contributed by atoms with van der Waals surface area (Å²) in [7, 11) is 1.82. The van der Waals surface area contributed by atoms with Crippen LogP contribution >= 0.6 is 0 Å². The number of benzene rings is 1. The van der Waals surface area contributed by atoms with Crippen molar-refractivity contribution in [2.75, 3.05) is 24.7 Å². The first-order valence-corrected chi connectivity index (χ1v) is 11.1. The summed E-state index contributed by atoms with van der Waals surface area (Å²) in [6, 6.07) is 9.56. The Hall–Kier alpha value is -4.25. The average molecular weight is 475 g/mol. The van der Waals surface area contributed by atoms with Crippen LogP contribution in [0.3, 0.4) is 0 Å². The van der Waals surface area contributed by atoms with Crippen LogP contribution in [0.25, 0.3) is 33.4 Å². The van der Waals surface area contributed by atoms with Gasteiger partial charge in [0.2, 0.25) is 5.89 Å². The Labute approximate surface area is 198 Å². The molecule has 0 bridgehead atoms. The quantitative estimate of drug-likeness (QED) is 0.375. The molecule has 1 aliphatic rings. The lowest BCUT2D eigenvalue weighted by molar-refractivity contribution is -0.0309. The van der Waals surface area contributed by atoms with Crippen LogP contribution in [0.5, 0.6) is 5.75 Å². The van der Waals surface area contributed by atoms with Gasteiger partial charge in [0.1, 0.15) is 48.4 Å². The molecule has 3 atom stereocenters. The Morgan fingerprint density at radius 2 is 2.11 bits per heavy atom. The lowest BCUT2D eigenvalue weighted by Gasteiger charge is -2.17. The van der Waals surface area contributed by atoms with Gasteiger partial charge in [-0.2, -0.15) is 0 Å². The van der Waals surface area contributed by atoms with Crippen LogP contribution in [-0.2, 0) is 4.74 Å². The van der Waals surface area contributed by atoms with Gasteiger partial charge in [0, 0.05) is 31.1 Å². The topological polar surface area (TPSA) is 126 Å². The molecule has 0 spiro atoms. The summed E-state index contributed by atoms with van der Waals surface area (Å²) < 4.78 is 34.3. The molecule has 1 aliphatic heterocycles. The number of pyridine rings is 1. The Balaban J connectivity index is 1.23. The van der Waals surface area contributed by atoms with Gasteiger partial charge in [-0.05, 0) is 24.3 Å². The number of ether oxygens (including phenoxy) is 2. The summed E-state index contributed by atoms with van der Waals surface area (Å²) >= 11 is 0. The second kappa shape index (κ2) is 8.51. The number of rotatable bonds is 6. The van der Waals surface area contributed by atoms with Crippen LogP contribution < -0.4 is 15.8 Å². The van der Waals surface area contributed by atoms with Crippen molar-refractivity contribution in [1.82, 2.24) is 24.5 Å². The third kappa shape index (κ3) is 3.79. The van der Waals surface area contributed by atoms with E-state index in [1.54, 1.807) is 10.8 Å². The Morgan fingerprint density at radius 1 is 1.23 bits per heavy atom. The molecule has 178 valence electrons. The molecule has 5 heterocycles. The molecule has 11 heteroatoms. The normalized spacial score (nSPS) is 20.0. The molecule has 3 N–H and O–H groups in total. The molecule has 0 radical (unpaired) electrons. The molecule has 0 aliphatic carbocycles. The average Bonchev–Trinajstić information content (AvgIpc) is 3.61. The van der Waals surface area contributed by atoms with E-state index in [2.05, 4.69) is 25.3 Å². The lowest BCUT2D eigenvalue weighted by Crippen LogP contribution is -2.19. The van der Waals surface area contributed by atoms with Crippen molar-refractivity contribution in [3.05, 3.63) is 55.3 Å². The first-order valence-electron chi connectivity index (χ1n) is 11.1. The van der Waals surface area contributed by atoms with Gasteiger partial charge in [0.25, 0.3) is 0 Å². The van der Waals surface area contributed by atoms with Gasteiger partial charge >= 0.3 is 0 Å². The van der Waals surface area contributed by atoms with E-state index in [1.165, 1.54) is 18.8 Å². The van der Waals surface area contributed by atoms with Gasteiger partial charge < -0.3 is 29.5 Å². The maximum Gasteiger partial charge on any atom is 0.228 e. The highest BCUT2D eigenvalue weighted by Crippen LogP contribution is 2.39. The molecule has 1 saturated heterocycles. The number of nitrogens with two attached hydrogens (primary N) is 1. The van der Waals surface area contributed by atoms with Gasteiger partial charge in [0.15, 0.2) is 6.23 Å². The number of oxazole rings is 1. The number of nitrogens with one attached hydrogen (secondary N) is 1. The zero-order valence-electron chi connectivity index (χ0n) is 18.8. The van der Waals surface area contributed by atoms with E-state index >= 15 is 4.39 Å². The van der Waals surface area contributed by atoms with Crippen LogP contribution in [0.4, 0.5) is 16.0 Å². The number of fused-ring (bicyclic) bond motifs is 2. The number of halogens is 1. The number of alkyl halides is 1. The fraction of sp³-hybridized carbons (Fsp3) is 0.250. The summed E-state index contributed by atoms with van der Waals surface area (Å²) in [5.41, 5.74) is 7.93. The summed E-state index contributed by atoms with van der Waals surface area (Å²) in [5, 5.41) is 4.56. The second-order valence-electron chi connectivity index (χ2n) is 8.26. The highest BCUT2D eigenvalue weighted by atomic mass is 19.1. The van der Waals surface area contributed by atoms with Gasteiger partial charge in [-0.25, -0.2) is 24.3 Å². The molecule has 1 aromatic carbocycles. The molecule has 5 aromatic rings. The van der Waals surface area contributed by atoms with E-state index in [4.69, 9.17) is 19.6 Å². The molecule has 10 nitrogen and oxygen atoms in total.